The van der Waals surface area contributed by atoms with Gasteiger partial charge in [-0.1, -0.05) is 42.5 Å². The number of nitrogens with zero attached hydrogens (tertiary/aromatic N) is 2. The van der Waals surface area contributed by atoms with Crippen LogP contribution in [-0.2, 0) is 14.8 Å². The number of anilines is 1. The Labute approximate surface area is 181 Å². The maximum absolute atomic E-state index is 13.9. The number of para-hydroxylation sites is 1. The highest BCUT2D eigenvalue weighted by atomic mass is 32.2. The normalized spacial score (nSPS) is 14.7. The van der Waals surface area contributed by atoms with Gasteiger partial charge in [0.1, 0.15) is 5.82 Å². The summed E-state index contributed by atoms with van der Waals surface area (Å²) in [6, 6.07) is 19.1. The second-order valence-corrected chi connectivity index (χ2v) is 9.24. The maximum atomic E-state index is 13.9. The zero-order chi connectivity index (χ0) is 21.8. The monoisotopic (exact) mass is 441 g/mol. The average Bonchev–Trinajstić information content (AvgIpc) is 2.79. The highest BCUT2D eigenvalue weighted by molar-refractivity contribution is 7.89. The van der Waals surface area contributed by atoms with Crippen LogP contribution in [0.25, 0.3) is 10.8 Å². The van der Waals surface area contributed by atoms with E-state index < -0.39 is 10.0 Å². The van der Waals surface area contributed by atoms with Gasteiger partial charge >= 0.3 is 0 Å². The molecule has 4 rings (SSSR count). The quantitative estimate of drug-likeness (QED) is 0.639. The first-order valence-corrected chi connectivity index (χ1v) is 11.7. The van der Waals surface area contributed by atoms with Gasteiger partial charge in [0.2, 0.25) is 15.9 Å². The summed E-state index contributed by atoms with van der Waals surface area (Å²) in [5.41, 5.74) is 0.540. The van der Waals surface area contributed by atoms with Crippen LogP contribution in [0.15, 0.2) is 71.6 Å². The predicted molar refractivity (Wildman–Crippen MR) is 119 cm³/mol. The molecule has 8 heteroatoms. The van der Waals surface area contributed by atoms with Gasteiger partial charge in [-0.3, -0.25) is 4.79 Å². The minimum atomic E-state index is -3.70. The number of carbonyl (C=O) groups is 1. The third-order valence-corrected chi connectivity index (χ3v) is 6.95. The number of halogens is 1. The Morgan fingerprint density at radius 2 is 1.58 bits per heavy atom. The molecule has 3 aromatic carbocycles. The molecule has 1 amide bonds. The SMILES string of the molecule is O=C(CCNS(=O)(=O)c1ccc2ccccc2c1)N1CCN(c2ccccc2F)CC1. The van der Waals surface area contributed by atoms with Gasteiger partial charge in [-0.25, -0.2) is 17.5 Å². The van der Waals surface area contributed by atoms with E-state index in [-0.39, 0.29) is 29.6 Å². The van der Waals surface area contributed by atoms with Crippen molar-refractivity contribution in [2.24, 2.45) is 0 Å². The molecule has 162 valence electrons. The largest absolute Gasteiger partial charge is 0.366 e. The van der Waals surface area contributed by atoms with Crippen molar-refractivity contribution in [3.63, 3.8) is 0 Å². The fraction of sp³-hybridized carbons (Fsp3) is 0.261. The Kier molecular flexibility index (Phi) is 6.20. The standard InChI is InChI=1S/C23H24FN3O3S/c24-21-7-3-4-8-22(21)26-13-15-27(16-14-26)23(28)11-12-25-31(29,30)20-10-9-18-5-1-2-6-19(18)17-20/h1-10,17,25H,11-16H2. The van der Waals surface area contributed by atoms with Crippen LogP contribution >= 0.6 is 0 Å². The minimum absolute atomic E-state index is 0.0293. The molecule has 0 unspecified atom stereocenters. The Hall–Kier alpha value is -2.97. The van der Waals surface area contributed by atoms with E-state index in [2.05, 4.69) is 4.72 Å². The summed E-state index contributed by atoms with van der Waals surface area (Å²) in [5.74, 6) is -0.389. The number of hydrogen-bond acceptors (Lipinski definition) is 4. The number of benzene rings is 3. The van der Waals surface area contributed by atoms with Crippen LogP contribution in [-0.4, -0.2) is 51.9 Å². The van der Waals surface area contributed by atoms with E-state index in [1.54, 1.807) is 41.3 Å². The van der Waals surface area contributed by atoms with Gasteiger partial charge in [-0.2, -0.15) is 0 Å². The summed E-state index contributed by atoms with van der Waals surface area (Å²) < 4.78 is 41.6. The summed E-state index contributed by atoms with van der Waals surface area (Å²) in [6.45, 7) is 2.06. The molecular weight excluding hydrogens is 417 g/mol. The number of carbonyl (C=O) groups excluding carboxylic acids is 1. The van der Waals surface area contributed by atoms with Gasteiger partial charge in [-0.05, 0) is 35.0 Å². The minimum Gasteiger partial charge on any atom is -0.366 e. The average molecular weight is 442 g/mol. The molecule has 1 aliphatic rings. The van der Waals surface area contributed by atoms with Crippen molar-refractivity contribution in [1.29, 1.82) is 0 Å². The van der Waals surface area contributed by atoms with E-state index in [9.17, 15) is 17.6 Å². The van der Waals surface area contributed by atoms with Crippen LogP contribution in [0.4, 0.5) is 10.1 Å². The molecule has 0 atom stereocenters. The lowest BCUT2D eigenvalue weighted by Crippen LogP contribution is -2.49. The number of amides is 1. The summed E-state index contributed by atoms with van der Waals surface area (Å²) >= 11 is 0. The molecule has 0 aliphatic carbocycles. The van der Waals surface area contributed by atoms with E-state index in [0.29, 0.717) is 31.9 Å². The highest BCUT2D eigenvalue weighted by Gasteiger charge is 2.23. The fourth-order valence-corrected chi connectivity index (χ4v) is 4.84. The molecule has 0 radical (unpaired) electrons. The second kappa shape index (κ2) is 9.03. The first kappa shape index (κ1) is 21.3. The summed E-state index contributed by atoms with van der Waals surface area (Å²) in [5, 5.41) is 1.81. The van der Waals surface area contributed by atoms with Crippen LogP contribution in [0.5, 0.6) is 0 Å². The molecule has 1 N–H and O–H groups in total. The van der Waals surface area contributed by atoms with Gasteiger partial charge in [-0.15, -0.1) is 0 Å². The number of piperazine rings is 1. The zero-order valence-electron chi connectivity index (χ0n) is 17.0. The summed E-state index contributed by atoms with van der Waals surface area (Å²) in [4.78, 5) is 16.3. The molecule has 1 fully saturated rings. The Morgan fingerprint density at radius 1 is 0.903 bits per heavy atom. The van der Waals surface area contributed by atoms with Crippen LogP contribution in [0.1, 0.15) is 6.42 Å². The van der Waals surface area contributed by atoms with E-state index in [1.807, 2.05) is 29.2 Å². The number of hydrogen-bond donors (Lipinski definition) is 1. The molecule has 6 nitrogen and oxygen atoms in total. The molecule has 0 bridgehead atoms. The van der Waals surface area contributed by atoms with Crippen molar-refractivity contribution in [2.75, 3.05) is 37.6 Å². The van der Waals surface area contributed by atoms with E-state index >= 15 is 0 Å². The maximum Gasteiger partial charge on any atom is 0.240 e. The van der Waals surface area contributed by atoms with Gasteiger partial charge in [0.25, 0.3) is 0 Å². The van der Waals surface area contributed by atoms with E-state index in [0.717, 1.165) is 10.8 Å². The third kappa shape index (κ3) is 4.86. The molecule has 31 heavy (non-hydrogen) atoms. The van der Waals surface area contributed by atoms with Gasteiger partial charge in [0.15, 0.2) is 0 Å². The smallest absolute Gasteiger partial charge is 0.240 e. The number of fused-ring (bicyclic) bond motifs is 1. The molecule has 1 heterocycles. The molecule has 1 saturated heterocycles. The second-order valence-electron chi connectivity index (χ2n) is 7.48. The molecule has 0 saturated carbocycles. The van der Waals surface area contributed by atoms with Crippen molar-refractivity contribution in [3.8, 4) is 0 Å². The first-order chi connectivity index (χ1) is 14.9. The molecule has 0 spiro atoms. The summed E-state index contributed by atoms with van der Waals surface area (Å²) in [7, 11) is -3.70. The van der Waals surface area contributed by atoms with Crippen molar-refractivity contribution in [3.05, 3.63) is 72.5 Å². The Balaban J connectivity index is 1.29. The van der Waals surface area contributed by atoms with Crippen molar-refractivity contribution >= 4 is 32.4 Å². The van der Waals surface area contributed by atoms with Gasteiger partial charge in [0, 0.05) is 39.1 Å². The van der Waals surface area contributed by atoms with E-state index in [1.165, 1.54) is 6.07 Å². The van der Waals surface area contributed by atoms with Crippen LogP contribution < -0.4 is 9.62 Å². The number of sulfonamides is 1. The molecule has 3 aromatic rings. The molecule has 0 aromatic heterocycles. The van der Waals surface area contributed by atoms with Crippen molar-refractivity contribution in [2.45, 2.75) is 11.3 Å². The van der Waals surface area contributed by atoms with Gasteiger partial charge in [0.05, 0.1) is 10.6 Å². The Morgan fingerprint density at radius 3 is 2.32 bits per heavy atom. The molecular formula is C23H24FN3O3S. The lowest BCUT2D eigenvalue weighted by atomic mass is 10.1. The third-order valence-electron chi connectivity index (χ3n) is 5.49. The number of rotatable bonds is 6. The lowest BCUT2D eigenvalue weighted by molar-refractivity contribution is -0.131. The molecule has 1 aliphatic heterocycles. The first-order valence-electron chi connectivity index (χ1n) is 10.2. The van der Waals surface area contributed by atoms with Crippen LogP contribution in [0.2, 0.25) is 0 Å². The lowest BCUT2D eigenvalue weighted by Gasteiger charge is -2.36. The summed E-state index contributed by atoms with van der Waals surface area (Å²) in [6.07, 6.45) is 0.0759. The Bertz CT molecular complexity index is 1190. The van der Waals surface area contributed by atoms with Crippen molar-refractivity contribution in [1.82, 2.24) is 9.62 Å². The van der Waals surface area contributed by atoms with E-state index in [4.69, 9.17) is 0 Å². The van der Waals surface area contributed by atoms with Crippen molar-refractivity contribution < 1.29 is 17.6 Å². The zero-order valence-corrected chi connectivity index (χ0v) is 17.8. The fourth-order valence-electron chi connectivity index (χ4n) is 3.77. The topological polar surface area (TPSA) is 69.7 Å². The number of nitrogens with one attached hydrogen (secondary N) is 1. The predicted octanol–water partition coefficient (Wildman–Crippen LogP) is 3.00. The van der Waals surface area contributed by atoms with Crippen LogP contribution in [0, 0.1) is 5.82 Å². The van der Waals surface area contributed by atoms with Gasteiger partial charge < -0.3 is 9.80 Å². The van der Waals surface area contributed by atoms with Crippen LogP contribution in [0.3, 0.4) is 0 Å². The highest BCUT2D eigenvalue weighted by Crippen LogP contribution is 2.21.